The minimum Gasteiger partial charge on any atom is -0.315 e. The van der Waals surface area contributed by atoms with Crippen LogP contribution in [0.25, 0.3) is 0 Å². The molecule has 0 aliphatic rings. The topological polar surface area (TPSA) is 28.2 Å². The van der Waals surface area contributed by atoms with E-state index in [1.54, 1.807) is 11.3 Å². The molecule has 4 heteroatoms. The van der Waals surface area contributed by atoms with Gasteiger partial charge in [0.2, 0.25) is 0 Å². The highest BCUT2D eigenvalue weighted by Gasteiger charge is 2.00. The first-order chi connectivity index (χ1) is 9.34. The summed E-state index contributed by atoms with van der Waals surface area (Å²) in [5, 5.41) is 7.83. The molecule has 1 N–H and O–H groups in total. The average Bonchev–Trinajstić information content (AvgIpc) is 2.92. The van der Waals surface area contributed by atoms with Crippen LogP contribution in [0.4, 0.5) is 0 Å². The van der Waals surface area contributed by atoms with E-state index in [4.69, 9.17) is 0 Å². The summed E-state index contributed by atoms with van der Waals surface area (Å²) in [6, 6.07) is 8.25. The lowest BCUT2D eigenvalue weighted by atomic mass is 10.2. The molecule has 3 nitrogen and oxygen atoms in total. The molecular weight excluding hydrogens is 254 g/mol. The Hall–Kier alpha value is -1.23. The van der Waals surface area contributed by atoms with Crippen molar-refractivity contribution in [1.29, 1.82) is 0 Å². The standard InChI is InChI=1S/C15H21N3S/c1-18(12-15-4-2-3-7-17-15)10-9-16-8-5-14-6-11-19-13-14/h2-4,6-7,11,13,16H,5,8-10,12H2,1H3. The van der Waals surface area contributed by atoms with Crippen LogP contribution in [0.15, 0.2) is 41.2 Å². The molecule has 0 fully saturated rings. The van der Waals surface area contributed by atoms with Crippen molar-refractivity contribution < 1.29 is 0 Å². The number of likely N-dealkylation sites (N-methyl/N-ethyl adjacent to an activating group) is 1. The second-order valence-electron chi connectivity index (χ2n) is 4.69. The molecule has 0 atom stereocenters. The molecule has 2 aromatic rings. The van der Waals surface area contributed by atoms with Crippen LogP contribution in [0.3, 0.4) is 0 Å². The number of aromatic nitrogens is 1. The first-order valence-corrected chi connectivity index (χ1v) is 7.59. The Bertz CT molecular complexity index is 442. The molecule has 19 heavy (non-hydrogen) atoms. The van der Waals surface area contributed by atoms with Gasteiger partial charge in [-0.15, -0.1) is 0 Å². The summed E-state index contributed by atoms with van der Waals surface area (Å²) in [6.45, 7) is 4.02. The quantitative estimate of drug-likeness (QED) is 0.750. The van der Waals surface area contributed by atoms with Gasteiger partial charge in [-0.05, 0) is 54.5 Å². The minimum atomic E-state index is 0.910. The van der Waals surface area contributed by atoms with E-state index in [1.165, 1.54) is 5.56 Å². The number of thiophene rings is 1. The molecule has 0 radical (unpaired) electrons. The molecule has 0 spiro atoms. The van der Waals surface area contributed by atoms with Crippen LogP contribution in [0.1, 0.15) is 11.3 Å². The van der Waals surface area contributed by atoms with E-state index in [1.807, 2.05) is 18.3 Å². The Kier molecular flexibility index (Phi) is 6.01. The van der Waals surface area contributed by atoms with E-state index < -0.39 is 0 Å². The predicted octanol–water partition coefficient (Wildman–Crippen LogP) is 2.41. The molecule has 0 amide bonds. The van der Waals surface area contributed by atoms with Crippen molar-refractivity contribution in [3.05, 3.63) is 52.5 Å². The number of nitrogens with zero attached hydrogens (tertiary/aromatic N) is 2. The summed E-state index contributed by atoms with van der Waals surface area (Å²) >= 11 is 1.77. The molecule has 0 bridgehead atoms. The third-order valence-corrected chi connectivity index (χ3v) is 3.73. The van der Waals surface area contributed by atoms with Crippen LogP contribution in [-0.2, 0) is 13.0 Å². The van der Waals surface area contributed by atoms with Crippen LogP contribution >= 0.6 is 11.3 Å². The smallest absolute Gasteiger partial charge is 0.0543 e. The van der Waals surface area contributed by atoms with Crippen molar-refractivity contribution in [2.24, 2.45) is 0 Å². The maximum Gasteiger partial charge on any atom is 0.0543 e. The van der Waals surface area contributed by atoms with Crippen LogP contribution in [0.5, 0.6) is 0 Å². The van der Waals surface area contributed by atoms with E-state index in [0.29, 0.717) is 0 Å². The van der Waals surface area contributed by atoms with E-state index in [0.717, 1.165) is 38.3 Å². The van der Waals surface area contributed by atoms with Gasteiger partial charge in [-0.25, -0.2) is 0 Å². The molecule has 2 rings (SSSR count). The van der Waals surface area contributed by atoms with Crippen LogP contribution in [0.2, 0.25) is 0 Å². The molecule has 0 saturated carbocycles. The number of rotatable bonds is 8. The van der Waals surface area contributed by atoms with Gasteiger partial charge in [-0.3, -0.25) is 9.88 Å². The predicted molar refractivity (Wildman–Crippen MR) is 81.5 cm³/mol. The van der Waals surface area contributed by atoms with Crippen LogP contribution in [0, 0.1) is 0 Å². The highest BCUT2D eigenvalue weighted by atomic mass is 32.1. The molecule has 0 saturated heterocycles. The molecule has 2 heterocycles. The number of pyridine rings is 1. The molecule has 0 aromatic carbocycles. The Morgan fingerprint density at radius 3 is 2.95 bits per heavy atom. The minimum absolute atomic E-state index is 0.910. The molecule has 0 aliphatic carbocycles. The van der Waals surface area contributed by atoms with Crippen molar-refractivity contribution in [2.45, 2.75) is 13.0 Å². The Labute approximate surface area is 119 Å². The van der Waals surface area contributed by atoms with Gasteiger partial charge in [0.15, 0.2) is 0 Å². The lowest BCUT2D eigenvalue weighted by Crippen LogP contribution is -2.30. The molecule has 0 unspecified atom stereocenters. The van der Waals surface area contributed by atoms with Crippen molar-refractivity contribution in [3.63, 3.8) is 0 Å². The van der Waals surface area contributed by atoms with Crippen molar-refractivity contribution in [3.8, 4) is 0 Å². The third kappa shape index (κ3) is 5.51. The zero-order chi connectivity index (χ0) is 13.3. The summed E-state index contributed by atoms with van der Waals surface area (Å²) in [4.78, 5) is 6.63. The first-order valence-electron chi connectivity index (χ1n) is 6.65. The van der Waals surface area contributed by atoms with Gasteiger partial charge in [-0.1, -0.05) is 6.07 Å². The maximum absolute atomic E-state index is 4.34. The number of hydrogen-bond acceptors (Lipinski definition) is 4. The average molecular weight is 275 g/mol. The highest BCUT2D eigenvalue weighted by molar-refractivity contribution is 7.07. The molecule has 102 valence electrons. The zero-order valence-corrected chi connectivity index (χ0v) is 12.2. The van der Waals surface area contributed by atoms with Crippen molar-refractivity contribution >= 4 is 11.3 Å². The summed E-state index contributed by atoms with van der Waals surface area (Å²) in [5.74, 6) is 0. The fraction of sp³-hybridized carbons (Fsp3) is 0.400. The van der Waals surface area contributed by atoms with Gasteiger partial charge in [0.25, 0.3) is 0 Å². The number of nitrogens with one attached hydrogen (secondary N) is 1. The fourth-order valence-corrected chi connectivity index (χ4v) is 2.61. The van der Waals surface area contributed by atoms with Gasteiger partial charge in [0, 0.05) is 25.8 Å². The van der Waals surface area contributed by atoms with Crippen LogP contribution in [-0.4, -0.2) is 36.6 Å². The summed E-state index contributed by atoms with van der Waals surface area (Å²) in [6.07, 6.45) is 2.97. The van der Waals surface area contributed by atoms with Gasteiger partial charge >= 0.3 is 0 Å². The Morgan fingerprint density at radius 2 is 2.21 bits per heavy atom. The lowest BCUT2D eigenvalue weighted by molar-refractivity contribution is 0.321. The lowest BCUT2D eigenvalue weighted by Gasteiger charge is -2.16. The third-order valence-electron chi connectivity index (χ3n) is 3.00. The van der Waals surface area contributed by atoms with E-state index in [2.05, 4.69) is 45.1 Å². The van der Waals surface area contributed by atoms with E-state index >= 15 is 0 Å². The molecule has 2 aromatic heterocycles. The molecule has 0 aliphatic heterocycles. The number of hydrogen-bond donors (Lipinski definition) is 1. The molecular formula is C15H21N3S. The van der Waals surface area contributed by atoms with Crippen molar-refractivity contribution in [2.75, 3.05) is 26.7 Å². The largest absolute Gasteiger partial charge is 0.315 e. The second-order valence-corrected chi connectivity index (χ2v) is 5.47. The highest BCUT2D eigenvalue weighted by Crippen LogP contribution is 2.05. The van der Waals surface area contributed by atoms with Crippen LogP contribution < -0.4 is 5.32 Å². The monoisotopic (exact) mass is 275 g/mol. The van der Waals surface area contributed by atoms with Gasteiger partial charge in [-0.2, -0.15) is 11.3 Å². The van der Waals surface area contributed by atoms with Crippen molar-refractivity contribution in [1.82, 2.24) is 15.2 Å². The summed E-state index contributed by atoms with van der Waals surface area (Å²) < 4.78 is 0. The maximum atomic E-state index is 4.34. The normalized spacial score (nSPS) is 11.1. The Balaban J connectivity index is 1.55. The SMILES string of the molecule is CN(CCNCCc1ccsc1)Cc1ccccn1. The summed E-state index contributed by atoms with van der Waals surface area (Å²) in [7, 11) is 2.13. The van der Waals surface area contributed by atoms with E-state index in [-0.39, 0.29) is 0 Å². The second kappa shape index (κ2) is 8.04. The van der Waals surface area contributed by atoms with Gasteiger partial charge in [0.1, 0.15) is 0 Å². The fourth-order valence-electron chi connectivity index (χ4n) is 1.91. The van der Waals surface area contributed by atoms with E-state index in [9.17, 15) is 0 Å². The Morgan fingerprint density at radius 1 is 1.26 bits per heavy atom. The first kappa shape index (κ1) is 14.2. The van der Waals surface area contributed by atoms with Gasteiger partial charge in [0.05, 0.1) is 5.69 Å². The van der Waals surface area contributed by atoms with Gasteiger partial charge < -0.3 is 5.32 Å². The summed E-state index contributed by atoms with van der Waals surface area (Å²) in [5.41, 5.74) is 2.56. The zero-order valence-electron chi connectivity index (χ0n) is 11.4.